The summed E-state index contributed by atoms with van der Waals surface area (Å²) in [4.78, 5) is 25.6. The van der Waals surface area contributed by atoms with Gasteiger partial charge in [-0.15, -0.1) is 0 Å². The molecule has 0 bridgehead atoms. The third kappa shape index (κ3) is 11.4. The lowest BCUT2D eigenvalue weighted by molar-refractivity contribution is -0.172. The predicted molar refractivity (Wildman–Crippen MR) is 128 cm³/mol. The highest BCUT2D eigenvalue weighted by Gasteiger charge is 2.48. The number of carbonyl (C=O) groups excluding carboxylic acids is 2. The molecule has 2 unspecified atom stereocenters. The molecule has 1 saturated carbocycles. The van der Waals surface area contributed by atoms with E-state index in [1.807, 2.05) is 6.92 Å². The van der Waals surface area contributed by atoms with Gasteiger partial charge in [-0.1, -0.05) is 104 Å². The van der Waals surface area contributed by atoms with Crippen molar-refractivity contribution in [1.82, 2.24) is 0 Å². The highest BCUT2D eigenvalue weighted by Crippen LogP contribution is 2.43. The SMILES string of the molecule is CCCCCCCCCCOC(=O)C1CCCCC1(C)C(=O)OCCCCCCCC. The zero-order chi connectivity index (χ0) is 22.8. The van der Waals surface area contributed by atoms with Gasteiger partial charge < -0.3 is 9.47 Å². The normalized spacial score (nSPS) is 21.1. The van der Waals surface area contributed by atoms with E-state index in [4.69, 9.17) is 9.47 Å². The fourth-order valence-corrected chi connectivity index (χ4v) is 4.68. The van der Waals surface area contributed by atoms with Gasteiger partial charge in [0.05, 0.1) is 24.5 Å². The molecule has 0 radical (unpaired) electrons. The van der Waals surface area contributed by atoms with Crippen molar-refractivity contribution in [3.05, 3.63) is 0 Å². The largest absolute Gasteiger partial charge is 0.465 e. The van der Waals surface area contributed by atoms with Crippen molar-refractivity contribution in [1.29, 1.82) is 0 Å². The number of hydrogen-bond acceptors (Lipinski definition) is 4. The zero-order valence-electron chi connectivity index (χ0n) is 20.9. The quantitative estimate of drug-likeness (QED) is 0.162. The van der Waals surface area contributed by atoms with Crippen LogP contribution in [0.25, 0.3) is 0 Å². The van der Waals surface area contributed by atoms with Crippen molar-refractivity contribution in [2.45, 2.75) is 136 Å². The van der Waals surface area contributed by atoms with Gasteiger partial charge in [0, 0.05) is 0 Å². The Hall–Kier alpha value is -1.06. The highest BCUT2D eigenvalue weighted by molar-refractivity contribution is 5.85. The Bertz CT molecular complexity index is 476. The van der Waals surface area contributed by atoms with Crippen LogP contribution in [0.5, 0.6) is 0 Å². The van der Waals surface area contributed by atoms with E-state index >= 15 is 0 Å². The fraction of sp³-hybridized carbons (Fsp3) is 0.926. The minimum Gasteiger partial charge on any atom is -0.465 e. The smallest absolute Gasteiger partial charge is 0.312 e. The van der Waals surface area contributed by atoms with E-state index in [-0.39, 0.29) is 17.9 Å². The first-order chi connectivity index (χ1) is 15.1. The third-order valence-electron chi connectivity index (χ3n) is 6.93. The molecule has 0 amide bonds. The first-order valence-corrected chi connectivity index (χ1v) is 13.4. The van der Waals surface area contributed by atoms with Gasteiger partial charge >= 0.3 is 11.9 Å². The second-order valence-electron chi connectivity index (χ2n) is 9.76. The Morgan fingerprint density at radius 2 is 1.19 bits per heavy atom. The van der Waals surface area contributed by atoms with Crippen molar-refractivity contribution in [2.24, 2.45) is 11.3 Å². The minimum absolute atomic E-state index is 0.193. The lowest BCUT2D eigenvalue weighted by atomic mass is 9.67. The van der Waals surface area contributed by atoms with Crippen LogP contribution in [0.15, 0.2) is 0 Å². The molecule has 0 aromatic heterocycles. The number of hydrogen-bond donors (Lipinski definition) is 0. The van der Waals surface area contributed by atoms with Gasteiger partial charge in [0.15, 0.2) is 0 Å². The average Bonchev–Trinajstić information content (AvgIpc) is 2.77. The van der Waals surface area contributed by atoms with Gasteiger partial charge in [0.1, 0.15) is 0 Å². The third-order valence-corrected chi connectivity index (χ3v) is 6.93. The molecule has 0 spiro atoms. The van der Waals surface area contributed by atoms with Gasteiger partial charge in [0.2, 0.25) is 0 Å². The van der Waals surface area contributed by atoms with Gasteiger partial charge in [-0.3, -0.25) is 9.59 Å². The van der Waals surface area contributed by atoms with Crippen LogP contribution in [0.4, 0.5) is 0 Å². The minimum atomic E-state index is -0.725. The van der Waals surface area contributed by atoms with E-state index in [0.717, 1.165) is 51.4 Å². The van der Waals surface area contributed by atoms with Crippen LogP contribution in [0, 0.1) is 11.3 Å². The summed E-state index contributed by atoms with van der Waals surface area (Å²) in [5.74, 6) is -0.746. The van der Waals surface area contributed by atoms with Gasteiger partial charge in [-0.05, 0) is 32.6 Å². The Balaban J connectivity index is 2.29. The maximum Gasteiger partial charge on any atom is 0.312 e. The molecule has 0 aliphatic heterocycles. The summed E-state index contributed by atoms with van der Waals surface area (Å²) in [7, 11) is 0. The number of unbranched alkanes of at least 4 members (excludes halogenated alkanes) is 12. The molecule has 4 nitrogen and oxygen atoms in total. The van der Waals surface area contributed by atoms with E-state index in [0.29, 0.717) is 13.2 Å². The van der Waals surface area contributed by atoms with Gasteiger partial charge in [-0.25, -0.2) is 0 Å². The predicted octanol–water partition coefficient (Wildman–Crippen LogP) is 7.77. The van der Waals surface area contributed by atoms with E-state index in [2.05, 4.69) is 13.8 Å². The molecule has 0 aromatic rings. The summed E-state index contributed by atoms with van der Waals surface area (Å²) in [5, 5.41) is 0. The number of esters is 2. The molecular weight excluding hydrogens is 388 g/mol. The van der Waals surface area contributed by atoms with Crippen LogP contribution < -0.4 is 0 Å². The van der Waals surface area contributed by atoms with Crippen molar-refractivity contribution in [2.75, 3.05) is 13.2 Å². The van der Waals surface area contributed by atoms with Crippen molar-refractivity contribution in [3.63, 3.8) is 0 Å². The maximum atomic E-state index is 12.9. The van der Waals surface area contributed by atoms with Crippen LogP contribution in [0.3, 0.4) is 0 Å². The van der Waals surface area contributed by atoms with Crippen LogP contribution in [-0.4, -0.2) is 25.2 Å². The molecule has 2 atom stereocenters. The molecule has 1 rings (SSSR count). The lowest BCUT2D eigenvalue weighted by Crippen LogP contribution is -2.44. The van der Waals surface area contributed by atoms with Crippen molar-refractivity contribution < 1.29 is 19.1 Å². The Kier molecular flexibility index (Phi) is 15.8. The summed E-state index contributed by atoms with van der Waals surface area (Å²) in [6, 6.07) is 0. The molecule has 182 valence electrons. The number of rotatable bonds is 18. The van der Waals surface area contributed by atoms with E-state index in [1.165, 1.54) is 64.2 Å². The van der Waals surface area contributed by atoms with Gasteiger partial charge in [-0.2, -0.15) is 0 Å². The van der Waals surface area contributed by atoms with Crippen LogP contribution >= 0.6 is 0 Å². The van der Waals surface area contributed by atoms with Crippen LogP contribution in [-0.2, 0) is 19.1 Å². The van der Waals surface area contributed by atoms with Gasteiger partial charge in [0.25, 0.3) is 0 Å². The first kappa shape index (κ1) is 28.0. The summed E-state index contributed by atoms with van der Waals surface area (Å²) in [6.07, 6.45) is 20.2. The van der Waals surface area contributed by atoms with Crippen molar-refractivity contribution >= 4 is 11.9 Å². The molecular formula is C27H50O4. The molecule has 31 heavy (non-hydrogen) atoms. The second kappa shape index (κ2) is 17.5. The van der Waals surface area contributed by atoms with E-state index in [9.17, 15) is 9.59 Å². The molecule has 0 N–H and O–H groups in total. The maximum absolute atomic E-state index is 12.9. The lowest BCUT2D eigenvalue weighted by Gasteiger charge is -2.37. The average molecular weight is 439 g/mol. The van der Waals surface area contributed by atoms with Crippen LogP contribution in [0.1, 0.15) is 136 Å². The first-order valence-electron chi connectivity index (χ1n) is 13.4. The standard InChI is InChI=1S/C27H50O4/c1-4-6-8-10-12-13-15-18-22-30-25(28)24-20-16-17-21-27(24,3)26(29)31-23-19-14-11-9-7-5-2/h24H,4-23H2,1-3H3. The highest BCUT2D eigenvalue weighted by atomic mass is 16.5. The monoisotopic (exact) mass is 438 g/mol. The van der Waals surface area contributed by atoms with Crippen molar-refractivity contribution in [3.8, 4) is 0 Å². The molecule has 1 aliphatic rings. The summed E-state index contributed by atoms with van der Waals surface area (Å²) in [6.45, 7) is 7.32. The Morgan fingerprint density at radius 3 is 1.74 bits per heavy atom. The summed E-state index contributed by atoms with van der Waals surface area (Å²) in [5.41, 5.74) is -0.725. The molecule has 1 aliphatic carbocycles. The summed E-state index contributed by atoms with van der Waals surface area (Å²) >= 11 is 0. The van der Waals surface area contributed by atoms with E-state index < -0.39 is 5.41 Å². The fourth-order valence-electron chi connectivity index (χ4n) is 4.68. The topological polar surface area (TPSA) is 52.6 Å². The number of carbonyl (C=O) groups is 2. The Labute approximate surface area is 192 Å². The van der Waals surface area contributed by atoms with Crippen LogP contribution in [0.2, 0.25) is 0 Å². The number of ether oxygens (including phenoxy) is 2. The second-order valence-corrected chi connectivity index (χ2v) is 9.76. The molecule has 4 heteroatoms. The zero-order valence-corrected chi connectivity index (χ0v) is 20.9. The Morgan fingerprint density at radius 1 is 0.710 bits per heavy atom. The van der Waals surface area contributed by atoms with E-state index in [1.54, 1.807) is 0 Å². The molecule has 0 heterocycles. The molecule has 0 aromatic carbocycles. The molecule has 1 fully saturated rings. The molecule has 0 saturated heterocycles. The summed E-state index contributed by atoms with van der Waals surface area (Å²) < 4.78 is 11.2.